The molecule has 0 aromatic rings. The van der Waals surface area contributed by atoms with Gasteiger partial charge in [-0.05, 0) is 13.3 Å². The number of nitrogens with two attached hydrogens (primary N) is 1. The van der Waals surface area contributed by atoms with E-state index in [2.05, 4.69) is 6.92 Å². The second kappa shape index (κ2) is 10.8. The highest BCUT2D eigenvalue weighted by Crippen LogP contribution is 2.09. The molecule has 0 radical (unpaired) electrons. The van der Waals surface area contributed by atoms with Crippen LogP contribution in [0.1, 0.15) is 65.2 Å². The minimum Gasteiger partial charge on any atom is -0.480 e. The van der Waals surface area contributed by atoms with Gasteiger partial charge in [0.15, 0.2) is 0 Å². The molecule has 0 bridgehead atoms. The van der Waals surface area contributed by atoms with Crippen molar-refractivity contribution in [3.05, 3.63) is 0 Å². The van der Waals surface area contributed by atoms with E-state index in [-0.39, 0.29) is 5.97 Å². The standard InChI is InChI=1S/C14H27NO4/c1-3-4-5-6-7-8-9-10-12(16)19-11(2)13(15)14(17)18/h11,13H,3-10,15H2,1-2H3,(H,17,18)/t11-,13+/m1/s1. The first kappa shape index (κ1) is 17.9. The lowest BCUT2D eigenvalue weighted by atomic mass is 10.1. The van der Waals surface area contributed by atoms with Gasteiger partial charge >= 0.3 is 11.9 Å². The fourth-order valence-corrected chi connectivity index (χ4v) is 1.77. The Morgan fingerprint density at radius 1 is 1.11 bits per heavy atom. The number of carboxylic acids is 1. The molecule has 112 valence electrons. The van der Waals surface area contributed by atoms with E-state index in [9.17, 15) is 9.59 Å². The maximum Gasteiger partial charge on any atom is 0.324 e. The van der Waals surface area contributed by atoms with Gasteiger partial charge in [-0.2, -0.15) is 0 Å². The van der Waals surface area contributed by atoms with Gasteiger partial charge < -0.3 is 15.6 Å². The summed E-state index contributed by atoms with van der Waals surface area (Å²) >= 11 is 0. The predicted molar refractivity (Wildman–Crippen MR) is 73.8 cm³/mol. The third kappa shape index (κ3) is 9.47. The SMILES string of the molecule is CCCCCCCCCC(=O)O[C@H](C)[C@H](N)C(=O)O. The first-order chi connectivity index (χ1) is 8.99. The van der Waals surface area contributed by atoms with Crippen molar-refractivity contribution < 1.29 is 19.4 Å². The summed E-state index contributed by atoms with van der Waals surface area (Å²) in [6.45, 7) is 3.68. The lowest BCUT2D eigenvalue weighted by molar-refractivity contribution is -0.153. The molecule has 5 nitrogen and oxygen atoms in total. The van der Waals surface area contributed by atoms with Crippen molar-refractivity contribution in [3.8, 4) is 0 Å². The van der Waals surface area contributed by atoms with Crippen molar-refractivity contribution >= 4 is 11.9 Å². The molecule has 0 fully saturated rings. The molecule has 0 aromatic carbocycles. The van der Waals surface area contributed by atoms with Crippen LogP contribution in [0.4, 0.5) is 0 Å². The van der Waals surface area contributed by atoms with Crippen LogP contribution in [0.2, 0.25) is 0 Å². The number of carbonyl (C=O) groups excluding carboxylic acids is 1. The van der Waals surface area contributed by atoms with Crippen LogP contribution in [-0.2, 0) is 14.3 Å². The molecule has 0 aliphatic carbocycles. The molecule has 0 aromatic heterocycles. The average Bonchev–Trinajstić information content (AvgIpc) is 2.36. The van der Waals surface area contributed by atoms with Gasteiger partial charge in [0.25, 0.3) is 0 Å². The molecule has 5 heteroatoms. The summed E-state index contributed by atoms with van der Waals surface area (Å²) in [5.74, 6) is -1.52. The summed E-state index contributed by atoms with van der Waals surface area (Å²) in [6.07, 6.45) is 7.46. The fourth-order valence-electron chi connectivity index (χ4n) is 1.77. The topological polar surface area (TPSA) is 89.6 Å². The zero-order chi connectivity index (χ0) is 14.7. The molecule has 0 aliphatic rings. The van der Waals surface area contributed by atoms with Crippen molar-refractivity contribution in [1.82, 2.24) is 0 Å². The van der Waals surface area contributed by atoms with Gasteiger partial charge in [-0.3, -0.25) is 9.59 Å². The predicted octanol–water partition coefficient (Wildman–Crippen LogP) is 2.47. The Hall–Kier alpha value is -1.10. The van der Waals surface area contributed by atoms with Crippen LogP contribution in [0.15, 0.2) is 0 Å². The Morgan fingerprint density at radius 2 is 1.63 bits per heavy atom. The van der Waals surface area contributed by atoms with Gasteiger partial charge in [0.2, 0.25) is 0 Å². The molecule has 0 spiro atoms. The van der Waals surface area contributed by atoms with E-state index < -0.39 is 18.1 Å². The molecule has 0 amide bonds. The smallest absolute Gasteiger partial charge is 0.324 e. The summed E-state index contributed by atoms with van der Waals surface area (Å²) in [4.78, 5) is 22.0. The van der Waals surface area contributed by atoms with Crippen LogP contribution < -0.4 is 5.73 Å². The van der Waals surface area contributed by atoms with Crippen molar-refractivity contribution in [2.75, 3.05) is 0 Å². The molecular weight excluding hydrogens is 246 g/mol. The minimum absolute atomic E-state index is 0.338. The fraction of sp³-hybridized carbons (Fsp3) is 0.857. The lowest BCUT2D eigenvalue weighted by Gasteiger charge is -2.16. The van der Waals surface area contributed by atoms with Crippen LogP contribution in [0.3, 0.4) is 0 Å². The number of hydrogen-bond acceptors (Lipinski definition) is 4. The van der Waals surface area contributed by atoms with Crippen molar-refractivity contribution in [2.24, 2.45) is 5.73 Å². The van der Waals surface area contributed by atoms with Crippen molar-refractivity contribution in [1.29, 1.82) is 0 Å². The van der Waals surface area contributed by atoms with E-state index >= 15 is 0 Å². The van der Waals surface area contributed by atoms with Crippen molar-refractivity contribution in [3.63, 3.8) is 0 Å². The molecule has 3 N–H and O–H groups in total. The second-order valence-electron chi connectivity index (χ2n) is 4.93. The molecule has 0 heterocycles. The number of carboxylic acid groups (broad SMARTS) is 1. The molecule has 19 heavy (non-hydrogen) atoms. The molecular formula is C14H27NO4. The van der Waals surface area contributed by atoms with E-state index in [1.165, 1.54) is 32.6 Å². The molecule has 2 atom stereocenters. The molecule has 0 aliphatic heterocycles. The van der Waals surface area contributed by atoms with E-state index in [0.717, 1.165) is 19.3 Å². The highest BCUT2D eigenvalue weighted by molar-refractivity contribution is 5.75. The zero-order valence-electron chi connectivity index (χ0n) is 12.1. The molecule has 0 unspecified atom stereocenters. The normalized spacial score (nSPS) is 13.8. The highest BCUT2D eigenvalue weighted by Gasteiger charge is 2.23. The van der Waals surface area contributed by atoms with Gasteiger partial charge in [-0.1, -0.05) is 45.4 Å². The summed E-state index contributed by atoms with van der Waals surface area (Å²) in [7, 11) is 0. The summed E-state index contributed by atoms with van der Waals surface area (Å²) in [5, 5.41) is 8.67. The second-order valence-corrected chi connectivity index (χ2v) is 4.93. The van der Waals surface area contributed by atoms with Crippen LogP contribution in [0, 0.1) is 0 Å². The third-order valence-electron chi connectivity index (χ3n) is 3.09. The number of aliphatic carboxylic acids is 1. The Bertz CT molecular complexity index is 268. The van der Waals surface area contributed by atoms with E-state index in [0.29, 0.717) is 6.42 Å². The average molecular weight is 273 g/mol. The number of unbranched alkanes of at least 4 members (excludes halogenated alkanes) is 6. The van der Waals surface area contributed by atoms with Gasteiger partial charge in [0.1, 0.15) is 12.1 Å². The molecule has 0 rings (SSSR count). The van der Waals surface area contributed by atoms with Gasteiger partial charge in [0, 0.05) is 6.42 Å². The van der Waals surface area contributed by atoms with Crippen LogP contribution >= 0.6 is 0 Å². The van der Waals surface area contributed by atoms with Crippen LogP contribution in [0.5, 0.6) is 0 Å². The summed E-state index contributed by atoms with van der Waals surface area (Å²) < 4.78 is 4.97. The molecule has 0 saturated heterocycles. The van der Waals surface area contributed by atoms with Crippen LogP contribution in [0.25, 0.3) is 0 Å². The number of ether oxygens (including phenoxy) is 1. The number of hydrogen-bond donors (Lipinski definition) is 2. The Labute approximate surface area is 115 Å². The minimum atomic E-state index is -1.16. The summed E-state index contributed by atoms with van der Waals surface area (Å²) in [5.41, 5.74) is 5.35. The van der Waals surface area contributed by atoms with Crippen molar-refractivity contribution in [2.45, 2.75) is 77.4 Å². The number of carbonyl (C=O) groups is 2. The first-order valence-corrected chi connectivity index (χ1v) is 7.17. The van der Waals surface area contributed by atoms with E-state index in [1.54, 1.807) is 0 Å². The number of rotatable bonds is 11. The number of esters is 1. The van der Waals surface area contributed by atoms with Gasteiger partial charge in [-0.15, -0.1) is 0 Å². The summed E-state index contributed by atoms with van der Waals surface area (Å²) in [6, 6.07) is -1.15. The first-order valence-electron chi connectivity index (χ1n) is 7.17. The van der Waals surface area contributed by atoms with Gasteiger partial charge in [0.05, 0.1) is 0 Å². The highest BCUT2D eigenvalue weighted by atomic mass is 16.5. The molecule has 0 saturated carbocycles. The Balaban J connectivity index is 3.56. The largest absolute Gasteiger partial charge is 0.480 e. The zero-order valence-corrected chi connectivity index (χ0v) is 12.1. The Morgan fingerprint density at radius 3 is 2.16 bits per heavy atom. The Kier molecular flexibility index (Phi) is 10.2. The van der Waals surface area contributed by atoms with E-state index in [4.69, 9.17) is 15.6 Å². The van der Waals surface area contributed by atoms with Gasteiger partial charge in [-0.25, -0.2) is 0 Å². The maximum absolute atomic E-state index is 11.4. The third-order valence-corrected chi connectivity index (χ3v) is 3.09. The quantitative estimate of drug-likeness (QED) is 0.446. The maximum atomic E-state index is 11.4. The lowest BCUT2D eigenvalue weighted by Crippen LogP contribution is -2.42. The van der Waals surface area contributed by atoms with E-state index in [1.807, 2.05) is 0 Å². The van der Waals surface area contributed by atoms with Crippen LogP contribution in [-0.4, -0.2) is 29.2 Å². The monoisotopic (exact) mass is 273 g/mol.